The fourth-order valence-electron chi connectivity index (χ4n) is 1.62. The monoisotopic (exact) mass is 354 g/mol. The number of carbonyl (C=O) groups excluding carboxylic acids is 1. The Balaban J connectivity index is 2.38. The summed E-state index contributed by atoms with van der Waals surface area (Å²) in [6, 6.07) is 7.60. The van der Waals surface area contributed by atoms with E-state index in [0.29, 0.717) is 16.3 Å². The fraction of sp³-hybridized carbons (Fsp3) is 0.286. The standard InChI is InChI=1S/C14H15BrN2O2S/c1-14(2,3)19-13(18)12-10(16)11(17-20-12)8-6-4-5-7-9(8)15/h4-7H,16H2,1-3H3. The van der Waals surface area contributed by atoms with Crippen molar-refractivity contribution in [3.8, 4) is 11.3 Å². The summed E-state index contributed by atoms with van der Waals surface area (Å²) in [5.74, 6) is -0.439. The number of esters is 1. The van der Waals surface area contributed by atoms with Crippen LogP contribution in [0.15, 0.2) is 28.7 Å². The van der Waals surface area contributed by atoms with Gasteiger partial charge in [0.2, 0.25) is 0 Å². The number of halogens is 1. The Kier molecular flexibility index (Phi) is 4.15. The third kappa shape index (κ3) is 3.19. The van der Waals surface area contributed by atoms with Gasteiger partial charge in [0, 0.05) is 10.0 Å². The van der Waals surface area contributed by atoms with Gasteiger partial charge < -0.3 is 10.5 Å². The highest BCUT2D eigenvalue weighted by Gasteiger charge is 2.24. The van der Waals surface area contributed by atoms with E-state index in [2.05, 4.69) is 20.3 Å². The van der Waals surface area contributed by atoms with Crippen molar-refractivity contribution in [2.24, 2.45) is 0 Å². The molecule has 0 unspecified atom stereocenters. The van der Waals surface area contributed by atoms with Gasteiger partial charge in [0.1, 0.15) is 11.3 Å². The number of carbonyl (C=O) groups is 1. The molecule has 0 spiro atoms. The third-order valence-corrected chi connectivity index (χ3v) is 3.98. The van der Waals surface area contributed by atoms with Crippen molar-refractivity contribution < 1.29 is 9.53 Å². The summed E-state index contributed by atoms with van der Waals surface area (Å²) in [7, 11) is 0. The minimum atomic E-state index is -0.555. The second-order valence-electron chi connectivity index (χ2n) is 5.26. The SMILES string of the molecule is CC(C)(C)OC(=O)c1snc(-c2ccccc2Br)c1N. The molecule has 4 nitrogen and oxygen atoms in total. The van der Waals surface area contributed by atoms with Gasteiger partial charge in [0.05, 0.1) is 5.69 Å². The average Bonchev–Trinajstić information content (AvgIpc) is 2.69. The minimum Gasteiger partial charge on any atom is -0.456 e. The zero-order chi connectivity index (χ0) is 14.9. The topological polar surface area (TPSA) is 65.2 Å². The maximum absolute atomic E-state index is 12.1. The molecule has 6 heteroatoms. The molecular weight excluding hydrogens is 340 g/mol. The van der Waals surface area contributed by atoms with Crippen LogP contribution in [0.5, 0.6) is 0 Å². The van der Waals surface area contributed by atoms with Crippen molar-refractivity contribution in [2.75, 3.05) is 5.73 Å². The largest absolute Gasteiger partial charge is 0.456 e. The van der Waals surface area contributed by atoms with Crippen LogP contribution >= 0.6 is 27.5 Å². The number of nitrogens with zero attached hydrogens (tertiary/aromatic N) is 1. The summed E-state index contributed by atoms with van der Waals surface area (Å²) < 4.78 is 10.5. The van der Waals surface area contributed by atoms with E-state index >= 15 is 0 Å². The normalized spacial score (nSPS) is 11.4. The first-order valence-corrected chi connectivity index (χ1v) is 7.59. The average molecular weight is 355 g/mol. The Morgan fingerprint density at radius 3 is 2.60 bits per heavy atom. The molecule has 0 saturated carbocycles. The van der Waals surface area contributed by atoms with Gasteiger partial charge in [-0.05, 0) is 38.4 Å². The molecule has 2 rings (SSSR count). The number of ether oxygens (including phenoxy) is 1. The van der Waals surface area contributed by atoms with Crippen molar-refractivity contribution in [1.29, 1.82) is 0 Å². The fourth-order valence-corrected chi connectivity index (χ4v) is 2.78. The Morgan fingerprint density at radius 2 is 2.00 bits per heavy atom. The maximum Gasteiger partial charge on any atom is 0.352 e. The van der Waals surface area contributed by atoms with Crippen LogP contribution in [0.1, 0.15) is 30.4 Å². The lowest BCUT2D eigenvalue weighted by Gasteiger charge is -2.18. The molecule has 0 fully saturated rings. The predicted octanol–water partition coefficient (Wildman–Crippen LogP) is 4.11. The highest BCUT2D eigenvalue weighted by molar-refractivity contribution is 9.10. The van der Waals surface area contributed by atoms with E-state index in [-0.39, 0.29) is 0 Å². The first-order chi connectivity index (χ1) is 9.29. The van der Waals surface area contributed by atoms with Crippen LogP contribution in [0.25, 0.3) is 11.3 Å². The molecule has 0 bridgehead atoms. The van der Waals surface area contributed by atoms with Crippen LogP contribution in [0.4, 0.5) is 5.69 Å². The predicted molar refractivity (Wildman–Crippen MR) is 84.8 cm³/mol. The summed E-state index contributed by atoms with van der Waals surface area (Å²) in [4.78, 5) is 12.4. The molecule has 2 aromatic rings. The van der Waals surface area contributed by atoms with Gasteiger partial charge in [-0.15, -0.1) is 0 Å². The summed E-state index contributed by atoms with van der Waals surface area (Å²) >= 11 is 4.51. The number of rotatable bonds is 2. The van der Waals surface area contributed by atoms with E-state index in [9.17, 15) is 4.79 Å². The van der Waals surface area contributed by atoms with Crippen molar-refractivity contribution in [1.82, 2.24) is 4.37 Å². The number of anilines is 1. The third-order valence-electron chi connectivity index (χ3n) is 2.44. The van der Waals surface area contributed by atoms with Gasteiger partial charge in [-0.2, -0.15) is 4.37 Å². The molecule has 0 amide bonds. The molecule has 0 aliphatic carbocycles. The molecule has 0 aliphatic heterocycles. The Bertz CT molecular complexity index is 647. The smallest absolute Gasteiger partial charge is 0.352 e. The Morgan fingerprint density at radius 1 is 1.35 bits per heavy atom. The van der Waals surface area contributed by atoms with Crippen LogP contribution in [0.2, 0.25) is 0 Å². The number of nitrogens with two attached hydrogens (primary N) is 1. The lowest BCUT2D eigenvalue weighted by atomic mass is 10.1. The molecule has 0 radical (unpaired) electrons. The maximum atomic E-state index is 12.1. The van der Waals surface area contributed by atoms with Crippen molar-refractivity contribution >= 4 is 39.1 Å². The molecule has 0 aliphatic rings. The lowest BCUT2D eigenvalue weighted by molar-refractivity contribution is 0.00764. The number of benzene rings is 1. The van der Waals surface area contributed by atoms with E-state index in [1.807, 2.05) is 45.0 Å². The lowest BCUT2D eigenvalue weighted by Crippen LogP contribution is -2.23. The van der Waals surface area contributed by atoms with Gasteiger partial charge in [-0.1, -0.05) is 34.1 Å². The van der Waals surface area contributed by atoms with Crippen LogP contribution in [0.3, 0.4) is 0 Å². The highest BCUT2D eigenvalue weighted by Crippen LogP contribution is 2.35. The Hall–Kier alpha value is -1.40. The number of aromatic nitrogens is 1. The second-order valence-corrected chi connectivity index (χ2v) is 6.88. The molecular formula is C14H15BrN2O2S. The number of nitrogen functional groups attached to an aromatic ring is 1. The summed E-state index contributed by atoms with van der Waals surface area (Å²) in [6.07, 6.45) is 0. The second kappa shape index (κ2) is 5.54. The van der Waals surface area contributed by atoms with Crippen LogP contribution in [0, 0.1) is 0 Å². The van der Waals surface area contributed by atoms with Crippen LogP contribution in [-0.4, -0.2) is 15.9 Å². The summed E-state index contributed by atoms with van der Waals surface area (Å²) in [5, 5.41) is 0. The first kappa shape index (κ1) is 15.0. The molecule has 0 saturated heterocycles. The zero-order valence-corrected chi connectivity index (χ0v) is 13.8. The van der Waals surface area contributed by atoms with E-state index in [4.69, 9.17) is 10.5 Å². The summed E-state index contributed by atoms with van der Waals surface area (Å²) in [6.45, 7) is 5.45. The minimum absolute atomic E-state index is 0.339. The molecule has 1 aromatic heterocycles. The van der Waals surface area contributed by atoms with E-state index in [1.54, 1.807) is 0 Å². The first-order valence-electron chi connectivity index (χ1n) is 6.03. The van der Waals surface area contributed by atoms with Crippen molar-refractivity contribution in [3.63, 3.8) is 0 Å². The molecule has 2 N–H and O–H groups in total. The van der Waals surface area contributed by atoms with Crippen LogP contribution < -0.4 is 5.73 Å². The molecule has 0 atom stereocenters. The number of hydrogen-bond acceptors (Lipinski definition) is 5. The molecule has 106 valence electrons. The van der Waals surface area contributed by atoms with E-state index < -0.39 is 11.6 Å². The molecule has 1 heterocycles. The van der Waals surface area contributed by atoms with Gasteiger partial charge in [0.15, 0.2) is 4.88 Å². The molecule has 20 heavy (non-hydrogen) atoms. The van der Waals surface area contributed by atoms with Gasteiger partial charge >= 0.3 is 5.97 Å². The van der Waals surface area contributed by atoms with Crippen molar-refractivity contribution in [3.05, 3.63) is 33.6 Å². The number of hydrogen-bond donors (Lipinski definition) is 1. The van der Waals surface area contributed by atoms with E-state index in [0.717, 1.165) is 21.6 Å². The quantitative estimate of drug-likeness (QED) is 0.824. The van der Waals surface area contributed by atoms with Crippen LogP contribution in [-0.2, 0) is 4.74 Å². The zero-order valence-electron chi connectivity index (χ0n) is 11.4. The van der Waals surface area contributed by atoms with Crippen molar-refractivity contribution in [2.45, 2.75) is 26.4 Å². The van der Waals surface area contributed by atoms with E-state index in [1.165, 1.54) is 0 Å². The molecule has 1 aromatic carbocycles. The Labute approximate surface area is 130 Å². The highest BCUT2D eigenvalue weighted by atomic mass is 79.9. The van der Waals surface area contributed by atoms with Gasteiger partial charge in [0.25, 0.3) is 0 Å². The van der Waals surface area contributed by atoms with Gasteiger partial charge in [-0.3, -0.25) is 0 Å². The summed E-state index contributed by atoms with van der Waals surface area (Å²) in [5.41, 5.74) is 7.31. The van der Waals surface area contributed by atoms with Gasteiger partial charge in [-0.25, -0.2) is 4.79 Å².